The molecule has 0 aromatic carbocycles. The van der Waals surface area contributed by atoms with E-state index in [1.165, 1.54) is 11.3 Å². The summed E-state index contributed by atoms with van der Waals surface area (Å²) in [7, 11) is 0. The van der Waals surface area contributed by atoms with E-state index in [1.54, 1.807) is 17.6 Å². The molecule has 2 fully saturated rings. The highest BCUT2D eigenvalue weighted by Crippen LogP contribution is 2.30. The lowest BCUT2D eigenvalue weighted by Crippen LogP contribution is -2.42. The molecule has 2 saturated heterocycles. The molecule has 4 rings (SSSR count). The Morgan fingerprint density at radius 1 is 1.22 bits per heavy atom. The van der Waals surface area contributed by atoms with Crippen LogP contribution in [0.3, 0.4) is 0 Å². The number of carbonyl (C=O) groups excluding carboxylic acids is 2. The predicted molar refractivity (Wildman–Crippen MR) is 99.2 cm³/mol. The molecule has 0 aliphatic carbocycles. The number of hydrogen-bond acceptors (Lipinski definition) is 7. The lowest BCUT2D eigenvalue weighted by Gasteiger charge is -2.33. The van der Waals surface area contributed by atoms with Gasteiger partial charge in [-0.1, -0.05) is 18.3 Å². The molecular weight excluding hydrogens is 366 g/mol. The zero-order valence-corrected chi connectivity index (χ0v) is 16.1. The van der Waals surface area contributed by atoms with Crippen LogP contribution < -0.4 is 4.90 Å². The van der Waals surface area contributed by atoms with Crippen LogP contribution in [0.2, 0.25) is 0 Å². The minimum absolute atomic E-state index is 0.0353. The Morgan fingerprint density at radius 2 is 1.96 bits per heavy atom. The number of hydrogen-bond donors (Lipinski definition) is 0. The first kappa shape index (κ1) is 18.0. The smallest absolute Gasteiger partial charge is 0.229 e. The Morgan fingerprint density at radius 3 is 2.67 bits per heavy atom. The second-order valence-corrected chi connectivity index (χ2v) is 8.14. The van der Waals surface area contributed by atoms with E-state index in [0.29, 0.717) is 30.8 Å². The first-order valence-electron chi connectivity index (χ1n) is 9.41. The number of nitrogens with zero attached hydrogens (tertiary/aromatic N) is 7. The number of likely N-dealkylation sites (tertiary alicyclic amines) is 1. The maximum absolute atomic E-state index is 12.9. The average Bonchev–Trinajstić information content (AvgIpc) is 3.42. The lowest BCUT2D eigenvalue weighted by molar-refractivity contribution is -0.137. The normalized spacial score (nSPS) is 21.2. The summed E-state index contributed by atoms with van der Waals surface area (Å²) in [6.45, 7) is 3.89. The summed E-state index contributed by atoms with van der Waals surface area (Å²) in [6, 6.07) is 0.337. The predicted octanol–water partition coefficient (Wildman–Crippen LogP) is 1.30. The van der Waals surface area contributed by atoms with E-state index in [4.69, 9.17) is 0 Å². The van der Waals surface area contributed by atoms with Crippen molar-refractivity contribution in [1.29, 1.82) is 0 Å². The SMILES string of the molecule is CCCc1nnc(N2CC(C(=O)N3CCC(n4cnnc4)CC3)CC2=O)s1. The Balaban J connectivity index is 1.35. The van der Waals surface area contributed by atoms with Crippen LogP contribution in [-0.4, -0.2) is 61.3 Å². The highest BCUT2D eigenvalue weighted by atomic mass is 32.1. The summed E-state index contributed by atoms with van der Waals surface area (Å²) < 4.78 is 2.01. The van der Waals surface area contributed by atoms with Gasteiger partial charge in [0.2, 0.25) is 16.9 Å². The average molecular weight is 389 g/mol. The van der Waals surface area contributed by atoms with Gasteiger partial charge >= 0.3 is 0 Å². The van der Waals surface area contributed by atoms with Crippen molar-refractivity contribution < 1.29 is 9.59 Å². The van der Waals surface area contributed by atoms with Gasteiger partial charge in [0.25, 0.3) is 0 Å². The molecule has 10 heteroatoms. The first-order valence-corrected chi connectivity index (χ1v) is 10.2. The number of carbonyl (C=O) groups is 2. The van der Waals surface area contributed by atoms with Gasteiger partial charge in [-0.25, -0.2) is 0 Å². The van der Waals surface area contributed by atoms with Gasteiger partial charge in [-0.3, -0.25) is 14.5 Å². The standard InChI is InChI=1S/C17H23N7O2S/c1-2-3-14-20-21-17(27-14)24-9-12(8-15(24)25)16(26)22-6-4-13(5-7-22)23-10-18-19-11-23/h10-13H,2-9H2,1H3. The Kier molecular flexibility index (Phi) is 5.15. The van der Waals surface area contributed by atoms with E-state index >= 15 is 0 Å². The van der Waals surface area contributed by atoms with Crippen LogP contribution in [-0.2, 0) is 16.0 Å². The van der Waals surface area contributed by atoms with Crippen LogP contribution in [0.15, 0.2) is 12.7 Å². The zero-order valence-electron chi connectivity index (χ0n) is 15.3. The molecule has 2 aromatic heterocycles. The van der Waals surface area contributed by atoms with Gasteiger partial charge in [-0.15, -0.1) is 20.4 Å². The third-order valence-electron chi connectivity index (χ3n) is 5.26. The van der Waals surface area contributed by atoms with Crippen molar-refractivity contribution in [2.75, 3.05) is 24.5 Å². The molecule has 2 aliphatic heterocycles. The second kappa shape index (κ2) is 7.71. The molecule has 0 N–H and O–H groups in total. The van der Waals surface area contributed by atoms with Gasteiger partial charge in [0.15, 0.2) is 0 Å². The molecule has 4 heterocycles. The lowest BCUT2D eigenvalue weighted by atomic mass is 10.0. The van der Waals surface area contributed by atoms with Crippen molar-refractivity contribution in [2.45, 2.75) is 45.1 Å². The minimum Gasteiger partial charge on any atom is -0.342 e. The molecule has 1 atom stereocenters. The van der Waals surface area contributed by atoms with E-state index in [2.05, 4.69) is 27.3 Å². The number of aryl methyl sites for hydroxylation is 1. The van der Waals surface area contributed by atoms with E-state index in [0.717, 1.165) is 30.7 Å². The van der Waals surface area contributed by atoms with Crippen molar-refractivity contribution >= 4 is 28.3 Å². The van der Waals surface area contributed by atoms with Crippen LogP contribution in [0.5, 0.6) is 0 Å². The van der Waals surface area contributed by atoms with Crippen molar-refractivity contribution in [3.63, 3.8) is 0 Å². The summed E-state index contributed by atoms with van der Waals surface area (Å²) in [4.78, 5) is 28.9. The summed E-state index contributed by atoms with van der Waals surface area (Å²) in [5, 5.41) is 17.5. The molecule has 0 spiro atoms. The molecular formula is C17H23N7O2S. The molecule has 144 valence electrons. The third-order valence-corrected chi connectivity index (χ3v) is 6.27. The minimum atomic E-state index is -0.289. The third kappa shape index (κ3) is 3.71. The Bertz CT molecular complexity index is 798. The maximum Gasteiger partial charge on any atom is 0.229 e. The fraction of sp³-hybridized carbons (Fsp3) is 0.647. The number of anilines is 1. The van der Waals surface area contributed by atoms with E-state index in [-0.39, 0.29) is 24.2 Å². The van der Waals surface area contributed by atoms with E-state index < -0.39 is 0 Å². The number of piperidine rings is 1. The quantitative estimate of drug-likeness (QED) is 0.765. The largest absolute Gasteiger partial charge is 0.342 e. The van der Waals surface area contributed by atoms with Gasteiger partial charge in [0.1, 0.15) is 17.7 Å². The molecule has 0 saturated carbocycles. The number of aromatic nitrogens is 5. The van der Waals surface area contributed by atoms with E-state index in [9.17, 15) is 9.59 Å². The molecule has 27 heavy (non-hydrogen) atoms. The Labute approximate surface area is 161 Å². The fourth-order valence-electron chi connectivity index (χ4n) is 3.77. The van der Waals surface area contributed by atoms with Crippen molar-refractivity contribution in [3.8, 4) is 0 Å². The van der Waals surface area contributed by atoms with Crippen LogP contribution in [0.4, 0.5) is 5.13 Å². The summed E-state index contributed by atoms with van der Waals surface area (Å²) in [5.74, 6) is -0.249. The molecule has 1 unspecified atom stereocenters. The Hall–Kier alpha value is -2.36. The van der Waals surface area contributed by atoms with Gasteiger partial charge in [-0.2, -0.15) is 0 Å². The molecule has 0 bridgehead atoms. The topological polar surface area (TPSA) is 97.1 Å². The first-order chi connectivity index (χ1) is 13.2. The highest BCUT2D eigenvalue weighted by Gasteiger charge is 2.39. The summed E-state index contributed by atoms with van der Waals surface area (Å²) >= 11 is 1.45. The monoisotopic (exact) mass is 389 g/mol. The van der Waals surface area contributed by atoms with Crippen LogP contribution in [0, 0.1) is 5.92 Å². The van der Waals surface area contributed by atoms with E-state index in [1.807, 2.05) is 9.47 Å². The van der Waals surface area contributed by atoms with Crippen molar-refractivity contribution in [1.82, 2.24) is 29.9 Å². The van der Waals surface area contributed by atoms with Crippen molar-refractivity contribution in [2.24, 2.45) is 5.92 Å². The molecule has 2 aliphatic rings. The van der Waals surface area contributed by atoms with Crippen LogP contribution >= 0.6 is 11.3 Å². The molecule has 2 amide bonds. The van der Waals surface area contributed by atoms with Gasteiger partial charge < -0.3 is 9.47 Å². The van der Waals surface area contributed by atoms with Gasteiger partial charge in [0, 0.05) is 38.5 Å². The number of rotatable bonds is 5. The maximum atomic E-state index is 12.9. The molecule has 0 radical (unpaired) electrons. The van der Waals surface area contributed by atoms with Crippen LogP contribution in [0.1, 0.15) is 43.7 Å². The van der Waals surface area contributed by atoms with Crippen molar-refractivity contribution in [3.05, 3.63) is 17.7 Å². The zero-order chi connectivity index (χ0) is 18.8. The fourth-order valence-corrected chi connectivity index (χ4v) is 4.73. The molecule has 2 aromatic rings. The van der Waals surface area contributed by atoms with Crippen LogP contribution in [0.25, 0.3) is 0 Å². The van der Waals surface area contributed by atoms with Gasteiger partial charge in [-0.05, 0) is 19.3 Å². The number of amides is 2. The molecule has 9 nitrogen and oxygen atoms in total. The van der Waals surface area contributed by atoms with Gasteiger partial charge in [0.05, 0.1) is 5.92 Å². The summed E-state index contributed by atoms with van der Waals surface area (Å²) in [6.07, 6.45) is 7.33. The second-order valence-electron chi connectivity index (χ2n) is 7.10. The highest BCUT2D eigenvalue weighted by molar-refractivity contribution is 7.15. The summed E-state index contributed by atoms with van der Waals surface area (Å²) in [5.41, 5.74) is 0.